The zero-order valence-electron chi connectivity index (χ0n) is 12.5. The van der Waals surface area contributed by atoms with Gasteiger partial charge in [0.25, 0.3) is 5.91 Å². The highest BCUT2D eigenvalue weighted by molar-refractivity contribution is 5.94. The number of halogens is 1. The van der Waals surface area contributed by atoms with E-state index in [1.54, 1.807) is 0 Å². The first-order valence-electron chi connectivity index (χ1n) is 6.90. The van der Waals surface area contributed by atoms with Gasteiger partial charge in [-0.25, -0.2) is 4.39 Å². The molecule has 0 spiro atoms. The van der Waals surface area contributed by atoms with E-state index in [0.29, 0.717) is 10.9 Å². The van der Waals surface area contributed by atoms with Crippen molar-refractivity contribution in [2.75, 3.05) is 0 Å². The summed E-state index contributed by atoms with van der Waals surface area (Å²) >= 11 is 0. The zero-order valence-corrected chi connectivity index (χ0v) is 12.5. The van der Waals surface area contributed by atoms with Crippen molar-refractivity contribution in [3.63, 3.8) is 0 Å². The second-order valence-electron chi connectivity index (χ2n) is 5.19. The van der Waals surface area contributed by atoms with Gasteiger partial charge in [0.2, 0.25) is 5.88 Å². The van der Waals surface area contributed by atoms with Crippen molar-refractivity contribution in [1.29, 1.82) is 0 Å². The molecule has 0 aliphatic rings. The lowest BCUT2D eigenvalue weighted by Gasteiger charge is -1.99. The molecule has 3 aromatic rings. The van der Waals surface area contributed by atoms with Crippen molar-refractivity contribution < 1.29 is 14.3 Å². The Morgan fingerprint density at radius 3 is 2.87 bits per heavy atom. The Morgan fingerprint density at radius 2 is 2.17 bits per heavy atom. The van der Waals surface area contributed by atoms with Gasteiger partial charge >= 0.3 is 0 Å². The molecule has 1 aromatic carbocycles. The lowest BCUT2D eigenvalue weighted by atomic mass is 10.2. The molecule has 0 radical (unpaired) electrons. The Bertz CT molecular complexity index is 925. The summed E-state index contributed by atoms with van der Waals surface area (Å²) in [5.74, 6) is -1.22. The number of benzene rings is 1. The molecule has 2 aromatic heterocycles. The van der Waals surface area contributed by atoms with Crippen LogP contribution in [0.15, 0.2) is 34.5 Å². The first-order chi connectivity index (χ1) is 10.9. The minimum absolute atomic E-state index is 0.0408. The monoisotopic (exact) mass is 315 g/mol. The maximum absolute atomic E-state index is 13.2. The van der Waals surface area contributed by atoms with Crippen molar-refractivity contribution in [3.05, 3.63) is 41.5 Å². The number of aromatic hydroxyl groups is 1. The fourth-order valence-corrected chi connectivity index (χ4v) is 2.34. The van der Waals surface area contributed by atoms with Crippen LogP contribution in [-0.2, 0) is 11.3 Å². The molecule has 3 rings (SSSR count). The van der Waals surface area contributed by atoms with E-state index in [1.807, 2.05) is 19.9 Å². The molecular formula is C15H14FN5O2. The van der Waals surface area contributed by atoms with Crippen LogP contribution in [0.1, 0.15) is 11.4 Å². The number of carbonyl (C=O) groups excluding carboxylic acids is 1. The molecule has 118 valence electrons. The van der Waals surface area contributed by atoms with E-state index >= 15 is 0 Å². The molecule has 0 aliphatic carbocycles. The summed E-state index contributed by atoms with van der Waals surface area (Å²) in [7, 11) is 0. The number of azo groups is 1. The third-order valence-electron chi connectivity index (χ3n) is 3.36. The SMILES string of the molecule is Cc1cc(C)n(CC(=O)N=Nc2c(O)[nH]c3cc(F)ccc23)n1. The number of aromatic nitrogens is 3. The Balaban J connectivity index is 1.84. The number of nitrogens with zero attached hydrogens (tertiary/aromatic N) is 4. The van der Waals surface area contributed by atoms with Crippen molar-refractivity contribution in [3.8, 4) is 5.88 Å². The summed E-state index contributed by atoms with van der Waals surface area (Å²) in [6, 6.07) is 5.78. The number of hydrogen-bond acceptors (Lipinski definition) is 4. The Labute approximate surface area is 130 Å². The van der Waals surface area contributed by atoms with Crippen LogP contribution in [-0.4, -0.2) is 25.8 Å². The molecule has 0 atom stereocenters. The summed E-state index contributed by atoms with van der Waals surface area (Å²) < 4.78 is 14.7. The van der Waals surface area contributed by atoms with Crippen LogP contribution in [0.2, 0.25) is 0 Å². The van der Waals surface area contributed by atoms with Gasteiger partial charge in [0.05, 0.1) is 11.2 Å². The third-order valence-corrected chi connectivity index (χ3v) is 3.36. The largest absolute Gasteiger partial charge is 0.493 e. The van der Waals surface area contributed by atoms with E-state index in [4.69, 9.17) is 0 Å². The van der Waals surface area contributed by atoms with E-state index < -0.39 is 11.7 Å². The standard InChI is InChI=1S/C15H14FN5O2/c1-8-5-9(2)21(20-8)7-13(22)18-19-14-11-4-3-10(16)6-12(11)17-15(14)23/h3-6,17,23H,7H2,1-2H3. The molecular weight excluding hydrogens is 301 g/mol. The van der Waals surface area contributed by atoms with Gasteiger partial charge in [-0.15, -0.1) is 10.2 Å². The second kappa shape index (κ2) is 5.64. The normalized spacial score (nSPS) is 11.6. The average Bonchev–Trinajstić information content (AvgIpc) is 2.95. The highest BCUT2D eigenvalue weighted by Gasteiger charge is 2.12. The second-order valence-corrected chi connectivity index (χ2v) is 5.19. The Morgan fingerprint density at radius 1 is 1.39 bits per heavy atom. The minimum atomic E-state index is -0.507. The minimum Gasteiger partial charge on any atom is -0.493 e. The average molecular weight is 315 g/mol. The molecule has 8 heteroatoms. The van der Waals surface area contributed by atoms with Crippen molar-refractivity contribution in [2.45, 2.75) is 20.4 Å². The Hall–Kier alpha value is -3.03. The Kier molecular flexibility index (Phi) is 3.65. The van der Waals surface area contributed by atoms with Gasteiger partial charge in [0.15, 0.2) is 5.69 Å². The number of amides is 1. The number of rotatable bonds is 3. The van der Waals surface area contributed by atoms with E-state index in [-0.39, 0.29) is 18.1 Å². The lowest BCUT2D eigenvalue weighted by Crippen LogP contribution is -2.10. The molecule has 23 heavy (non-hydrogen) atoms. The molecule has 2 N–H and O–H groups in total. The van der Waals surface area contributed by atoms with E-state index in [1.165, 1.54) is 22.9 Å². The van der Waals surface area contributed by atoms with Gasteiger partial charge in [-0.2, -0.15) is 5.10 Å². The van der Waals surface area contributed by atoms with Crippen LogP contribution < -0.4 is 0 Å². The van der Waals surface area contributed by atoms with Crippen LogP contribution in [0.5, 0.6) is 5.88 Å². The lowest BCUT2D eigenvalue weighted by molar-refractivity contribution is -0.119. The molecule has 0 bridgehead atoms. The highest BCUT2D eigenvalue weighted by atomic mass is 19.1. The number of aryl methyl sites for hydroxylation is 2. The van der Waals surface area contributed by atoms with Crippen molar-refractivity contribution >= 4 is 22.5 Å². The molecule has 0 saturated heterocycles. The summed E-state index contributed by atoms with van der Waals surface area (Å²) in [6.45, 7) is 3.63. The first-order valence-corrected chi connectivity index (χ1v) is 6.90. The van der Waals surface area contributed by atoms with Gasteiger partial charge in [-0.1, -0.05) is 0 Å². The predicted octanol–water partition coefficient (Wildman–Crippen LogP) is 3.14. The first kappa shape index (κ1) is 14.9. The number of carbonyl (C=O) groups is 1. The zero-order chi connectivity index (χ0) is 16.6. The summed E-state index contributed by atoms with van der Waals surface area (Å²) in [4.78, 5) is 14.5. The van der Waals surface area contributed by atoms with Gasteiger partial charge < -0.3 is 10.1 Å². The van der Waals surface area contributed by atoms with Gasteiger partial charge in [-0.05, 0) is 38.1 Å². The molecule has 0 saturated carbocycles. The molecule has 1 amide bonds. The van der Waals surface area contributed by atoms with Crippen LogP contribution in [0, 0.1) is 19.7 Å². The predicted molar refractivity (Wildman–Crippen MR) is 81.1 cm³/mol. The number of aromatic amines is 1. The quantitative estimate of drug-likeness (QED) is 0.727. The van der Waals surface area contributed by atoms with Gasteiger partial charge in [0, 0.05) is 11.1 Å². The molecule has 7 nitrogen and oxygen atoms in total. The molecule has 0 fully saturated rings. The highest BCUT2D eigenvalue weighted by Crippen LogP contribution is 2.35. The third kappa shape index (κ3) is 2.96. The van der Waals surface area contributed by atoms with Crippen molar-refractivity contribution in [2.24, 2.45) is 10.2 Å². The van der Waals surface area contributed by atoms with Crippen LogP contribution in [0.4, 0.5) is 10.1 Å². The summed E-state index contributed by atoms with van der Waals surface area (Å²) in [5.41, 5.74) is 2.13. The molecule has 0 unspecified atom stereocenters. The maximum Gasteiger partial charge on any atom is 0.286 e. The van der Waals surface area contributed by atoms with Crippen LogP contribution >= 0.6 is 0 Å². The molecule has 2 heterocycles. The summed E-state index contributed by atoms with van der Waals surface area (Å²) in [6.07, 6.45) is 0. The van der Waals surface area contributed by atoms with Gasteiger partial charge in [0.1, 0.15) is 12.4 Å². The fraction of sp³-hybridized carbons (Fsp3) is 0.200. The van der Waals surface area contributed by atoms with E-state index in [0.717, 1.165) is 11.4 Å². The van der Waals surface area contributed by atoms with Crippen LogP contribution in [0.25, 0.3) is 10.9 Å². The topological polar surface area (TPSA) is 95.6 Å². The number of H-pyrrole nitrogens is 1. The van der Waals surface area contributed by atoms with E-state index in [2.05, 4.69) is 20.3 Å². The van der Waals surface area contributed by atoms with Crippen molar-refractivity contribution in [1.82, 2.24) is 14.8 Å². The van der Waals surface area contributed by atoms with E-state index in [9.17, 15) is 14.3 Å². The number of fused-ring (bicyclic) bond motifs is 1. The number of nitrogens with one attached hydrogen (secondary N) is 1. The smallest absolute Gasteiger partial charge is 0.286 e. The fourth-order valence-electron chi connectivity index (χ4n) is 2.34. The summed E-state index contributed by atoms with van der Waals surface area (Å²) in [5, 5.41) is 21.8. The number of hydrogen-bond donors (Lipinski definition) is 2. The maximum atomic E-state index is 13.2. The van der Waals surface area contributed by atoms with Crippen LogP contribution in [0.3, 0.4) is 0 Å². The molecule has 0 aliphatic heterocycles. The van der Waals surface area contributed by atoms with Gasteiger partial charge in [-0.3, -0.25) is 9.48 Å².